The molecule has 1 aliphatic rings. The smallest absolute Gasteiger partial charge is 0.186 e. The number of Topliss-reactive ketones (excluding diaryl/α,β-unsaturated/α-hetero) is 1. The van der Waals surface area contributed by atoms with Crippen molar-refractivity contribution in [3.05, 3.63) is 0 Å². The van der Waals surface area contributed by atoms with Gasteiger partial charge in [-0.1, -0.05) is 6.42 Å². The molecule has 1 aliphatic heterocycles. The van der Waals surface area contributed by atoms with Crippen molar-refractivity contribution in [3.63, 3.8) is 0 Å². The zero-order valence-electron chi connectivity index (χ0n) is 15.8. The Hall–Kier alpha value is -0.570. The van der Waals surface area contributed by atoms with E-state index in [1.807, 2.05) is 0 Å². The summed E-state index contributed by atoms with van der Waals surface area (Å²) in [5.74, 6) is 0.215. The van der Waals surface area contributed by atoms with Crippen LogP contribution in [0.2, 0.25) is 0 Å². The van der Waals surface area contributed by atoms with Gasteiger partial charge in [0.1, 0.15) is 17.5 Å². The van der Waals surface area contributed by atoms with Crippen molar-refractivity contribution < 1.29 is 29.6 Å². The van der Waals surface area contributed by atoms with E-state index in [4.69, 9.17) is 14.6 Å². The Labute approximate surface area is 150 Å². The summed E-state index contributed by atoms with van der Waals surface area (Å²) >= 11 is 0. The average Bonchev–Trinajstić information content (AvgIpc) is 2.82. The Bertz CT molecular complexity index is 398. The van der Waals surface area contributed by atoms with Crippen molar-refractivity contribution >= 4 is 5.78 Å². The normalized spacial score (nSPS) is 27.0. The molecule has 148 valence electrons. The Balaban J connectivity index is 2.01. The van der Waals surface area contributed by atoms with Crippen LogP contribution in [0.1, 0.15) is 59.3 Å². The zero-order valence-corrected chi connectivity index (χ0v) is 15.8. The highest BCUT2D eigenvalue weighted by Gasteiger charge is 2.48. The number of hydrogen-bond donors (Lipinski definition) is 4. The first-order valence-corrected chi connectivity index (χ1v) is 9.19. The van der Waals surface area contributed by atoms with Gasteiger partial charge in [0.05, 0.1) is 19.8 Å². The SMILES string of the molecule is CC(C)(C)NCCCCCC(=O)CCCO[C@H]1OCC(O)(CO)C1O. The Kier molecular flexibility index (Phi) is 9.48. The van der Waals surface area contributed by atoms with Gasteiger partial charge in [-0.25, -0.2) is 0 Å². The minimum absolute atomic E-state index is 0.138. The second-order valence-corrected chi connectivity index (χ2v) is 7.89. The number of aliphatic hydroxyl groups is 3. The van der Waals surface area contributed by atoms with Gasteiger partial charge in [-0.3, -0.25) is 4.79 Å². The maximum absolute atomic E-state index is 11.8. The van der Waals surface area contributed by atoms with Crippen molar-refractivity contribution in [2.24, 2.45) is 0 Å². The number of carbonyl (C=O) groups is 1. The molecule has 2 unspecified atom stereocenters. The fraction of sp³-hybridized carbons (Fsp3) is 0.944. The Morgan fingerprint density at radius 3 is 2.52 bits per heavy atom. The molecule has 0 spiro atoms. The first-order chi connectivity index (χ1) is 11.7. The van der Waals surface area contributed by atoms with E-state index < -0.39 is 24.6 Å². The lowest BCUT2D eigenvalue weighted by Crippen LogP contribution is -2.47. The number of ketones is 1. The molecule has 0 bridgehead atoms. The molecule has 0 aromatic rings. The lowest BCUT2D eigenvalue weighted by atomic mass is 10.0. The quantitative estimate of drug-likeness (QED) is 0.380. The van der Waals surface area contributed by atoms with Crippen LogP contribution in [0.3, 0.4) is 0 Å². The first kappa shape index (κ1) is 22.5. The third kappa shape index (κ3) is 8.57. The van der Waals surface area contributed by atoms with Crippen LogP contribution < -0.4 is 5.32 Å². The maximum atomic E-state index is 11.8. The first-order valence-electron chi connectivity index (χ1n) is 9.19. The van der Waals surface area contributed by atoms with E-state index in [0.717, 1.165) is 25.8 Å². The molecule has 4 N–H and O–H groups in total. The van der Waals surface area contributed by atoms with Gasteiger partial charge in [-0.15, -0.1) is 0 Å². The van der Waals surface area contributed by atoms with Gasteiger partial charge in [-0.2, -0.15) is 0 Å². The second kappa shape index (κ2) is 10.5. The number of hydrogen-bond acceptors (Lipinski definition) is 7. The van der Waals surface area contributed by atoms with Crippen LogP contribution in [0.4, 0.5) is 0 Å². The van der Waals surface area contributed by atoms with Gasteiger partial charge < -0.3 is 30.1 Å². The fourth-order valence-corrected chi connectivity index (χ4v) is 2.62. The van der Waals surface area contributed by atoms with E-state index in [1.165, 1.54) is 0 Å². The number of nitrogens with one attached hydrogen (secondary N) is 1. The monoisotopic (exact) mass is 361 g/mol. The molecule has 1 rings (SSSR count). The Morgan fingerprint density at radius 2 is 1.92 bits per heavy atom. The predicted octanol–water partition coefficient (Wildman–Crippen LogP) is 0.741. The summed E-state index contributed by atoms with van der Waals surface area (Å²) in [6.07, 6.45) is 2.34. The number of rotatable bonds is 12. The summed E-state index contributed by atoms with van der Waals surface area (Å²) in [5, 5.41) is 32.1. The fourth-order valence-electron chi connectivity index (χ4n) is 2.62. The highest BCUT2D eigenvalue weighted by atomic mass is 16.7. The summed E-state index contributed by atoms with van der Waals surface area (Å²) in [7, 11) is 0. The summed E-state index contributed by atoms with van der Waals surface area (Å²) < 4.78 is 10.5. The van der Waals surface area contributed by atoms with E-state index in [-0.39, 0.29) is 24.5 Å². The van der Waals surface area contributed by atoms with Gasteiger partial charge in [0.25, 0.3) is 0 Å². The van der Waals surface area contributed by atoms with Gasteiger partial charge in [0, 0.05) is 18.4 Å². The van der Waals surface area contributed by atoms with E-state index in [2.05, 4.69) is 26.1 Å². The standard InChI is InChI=1S/C18H35NO6/c1-17(2,3)19-10-6-4-5-8-14(21)9-7-11-24-16-15(22)18(23,12-20)13-25-16/h15-16,19-20,22-23H,4-13H2,1-3H3/t15?,16-,18?/m0/s1. The summed E-state index contributed by atoms with van der Waals surface area (Å²) in [4.78, 5) is 11.8. The van der Waals surface area contributed by atoms with Gasteiger partial charge >= 0.3 is 0 Å². The summed E-state index contributed by atoms with van der Waals surface area (Å²) in [5.41, 5.74) is -1.53. The average molecular weight is 361 g/mol. The number of carbonyl (C=O) groups excluding carboxylic acids is 1. The zero-order chi connectivity index (χ0) is 18.9. The second-order valence-electron chi connectivity index (χ2n) is 7.89. The molecule has 25 heavy (non-hydrogen) atoms. The summed E-state index contributed by atoms with van der Waals surface area (Å²) in [6.45, 7) is 6.89. The van der Waals surface area contributed by atoms with Crippen LogP contribution in [0.5, 0.6) is 0 Å². The van der Waals surface area contributed by atoms with Crippen LogP contribution in [-0.4, -0.2) is 71.0 Å². The molecule has 0 aromatic carbocycles. The van der Waals surface area contributed by atoms with Gasteiger partial charge in [0.2, 0.25) is 0 Å². The molecule has 0 aromatic heterocycles. The number of unbranched alkanes of at least 4 members (excludes halogenated alkanes) is 2. The molecule has 0 saturated carbocycles. The molecule has 1 fully saturated rings. The largest absolute Gasteiger partial charge is 0.393 e. The lowest BCUT2D eigenvalue weighted by molar-refractivity contribution is -0.162. The molecule has 0 radical (unpaired) electrons. The van der Waals surface area contributed by atoms with Crippen molar-refractivity contribution in [1.82, 2.24) is 5.32 Å². The topological polar surface area (TPSA) is 108 Å². The number of aliphatic hydroxyl groups excluding tert-OH is 2. The summed E-state index contributed by atoms with van der Waals surface area (Å²) in [6, 6.07) is 0. The highest BCUT2D eigenvalue weighted by Crippen LogP contribution is 2.25. The molecule has 1 saturated heterocycles. The molecule has 7 nitrogen and oxygen atoms in total. The van der Waals surface area contributed by atoms with Crippen LogP contribution in [0, 0.1) is 0 Å². The predicted molar refractivity (Wildman–Crippen MR) is 94.2 cm³/mol. The van der Waals surface area contributed by atoms with E-state index in [1.54, 1.807) is 0 Å². The molecular weight excluding hydrogens is 326 g/mol. The minimum Gasteiger partial charge on any atom is -0.393 e. The third-order valence-electron chi connectivity index (χ3n) is 4.25. The van der Waals surface area contributed by atoms with Crippen molar-refractivity contribution in [1.29, 1.82) is 0 Å². The Morgan fingerprint density at radius 1 is 1.24 bits per heavy atom. The van der Waals surface area contributed by atoms with Gasteiger partial charge in [-0.05, 0) is 46.6 Å². The van der Waals surface area contributed by atoms with Crippen LogP contribution in [0.25, 0.3) is 0 Å². The van der Waals surface area contributed by atoms with Gasteiger partial charge in [0.15, 0.2) is 6.29 Å². The van der Waals surface area contributed by atoms with Crippen LogP contribution in [-0.2, 0) is 14.3 Å². The molecule has 7 heteroatoms. The third-order valence-corrected chi connectivity index (χ3v) is 4.25. The van der Waals surface area contributed by atoms with E-state index in [9.17, 15) is 15.0 Å². The minimum atomic E-state index is -1.66. The van der Waals surface area contributed by atoms with Crippen molar-refractivity contribution in [3.8, 4) is 0 Å². The highest BCUT2D eigenvalue weighted by molar-refractivity contribution is 5.78. The van der Waals surface area contributed by atoms with Crippen molar-refractivity contribution in [2.45, 2.75) is 82.8 Å². The van der Waals surface area contributed by atoms with Crippen LogP contribution in [0.15, 0.2) is 0 Å². The van der Waals surface area contributed by atoms with Crippen LogP contribution >= 0.6 is 0 Å². The number of ether oxygens (including phenoxy) is 2. The molecule has 1 heterocycles. The molecule has 3 atom stereocenters. The lowest BCUT2D eigenvalue weighted by Gasteiger charge is -2.23. The van der Waals surface area contributed by atoms with Crippen molar-refractivity contribution in [2.75, 3.05) is 26.4 Å². The molecule has 0 amide bonds. The molecule has 0 aliphatic carbocycles. The van der Waals surface area contributed by atoms with E-state index >= 15 is 0 Å². The maximum Gasteiger partial charge on any atom is 0.186 e. The van der Waals surface area contributed by atoms with E-state index in [0.29, 0.717) is 19.3 Å². The molecular formula is C18H35NO6.